The van der Waals surface area contributed by atoms with E-state index in [1.54, 1.807) is 55.2 Å². The van der Waals surface area contributed by atoms with Gasteiger partial charge >= 0.3 is 5.69 Å². The van der Waals surface area contributed by atoms with Gasteiger partial charge in [0.15, 0.2) is 0 Å². The predicted molar refractivity (Wildman–Crippen MR) is 102 cm³/mol. The molecule has 1 aromatic heterocycles. The van der Waals surface area contributed by atoms with Gasteiger partial charge in [-0.05, 0) is 30.3 Å². The fourth-order valence-corrected chi connectivity index (χ4v) is 2.82. The summed E-state index contributed by atoms with van der Waals surface area (Å²) in [5.74, 6) is 0.791. The van der Waals surface area contributed by atoms with Crippen LogP contribution >= 0.6 is 0 Å². The molecule has 0 aliphatic heterocycles. The van der Waals surface area contributed by atoms with Crippen molar-refractivity contribution in [2.75, 3.05) is 33.3 Å². The molecule has 142 valence electrons. The van der Waals surface area contributed by atoms with Gasteiger partial charge in [0.25, 0.3) is 5.91 Å². The Labute approximate surface area is 155 Å². The number of carbonyl (C=O) groups excluding carboxylic acids is 1. The number of hydrogen-bond donors (Lipinski definition) is 2. The molecule has 27 heavy (non-hydrogen) atoms. The molecule has 8 heteroatoms. The maximum absolute atomic E-state index is 12.7. The Morgan fingerprint density at radius 2 is 1.93 bits per heavy atom. The van der Waals surface area contributed by atoms with Crippen LogP contribution in [0.2, 0.25) is 0 Å². The molecule has 1 amide bonds. The average Bonchev–Trinajstić information content (AvgIpc) is 3.00. The van der Waals surface area contributed by atoms with Crippen molar-refractivity contribution in [3.05, 3.63) is 52.4 Å². The normalized spacial score (nSPS) is 10.8. The van der Waals surface area contributed by atoms with Gasteiger partial charge in [0.05, 0.1) is 44.1 Å². The molecule has 0 aliphatic carbocycles. The van der Waals surface area contributed by atoms with E-state index < -0.39 is 0 Å². The number of hydrogen-bond acceptors (Lipinski definition) is 5. The summed E-state index contributed by atoms with van der Waals surface area (Å²) in [4.78, 5) is 27.5. The molecule has 2 aromatic carbocycles. The minimum atomic E-state index is -0.325. The number of methoxy groups -OCH3 is 3. The summed E-state index contributed by atoms with van der Waals surface area (Å²) in [7, 11) is 4.65. The second-order valence-electron chi connectivity index (χ2n) is 5.83. The SMILES string of the molecule is COCCn1c(=O)[nH]c2cc(C(=O)Nc3cc(OC)ccc3OC)ccc21. The molecule has 1 heterocycles. The Balaban J connectivity index is 1.89. The van der Waals surface area contributed by atoms with Gasteiger partial charge in [-0.1, -0.05) is 0 Å². The number of aromatic amines is 1. The molecule has 0 radical (unpaired) electrons. The molecule has 0 aliphatic rings. The molecular weight excluding hydrogens is 350 g/mol. The molecule has 8 nitrogen and oxygen atoms in total. The summed E-state index contributed by atoms with van der Waals surface area (Å²) >= 11 is 0. The van der Waals surface area contributed by atoms with Crippen molar-refractivity contribution >= 4 is 22.6 Å². The number of H-pyrrole nitrogens is 1. The molecule has 0 bridgehead atoms. The zero-order chi connectivity index (χ0) is 19.4. The van der Waals surface area contributed by atoms with Crippen LogP contribution < -0.4 is 20.5 Å². The summed E-state index contributed by atoms with van der Waals surface area (Å²) in [5.41, 5.74) is 1.96. The Kier molecular flexibility index (Phi) is 5.46. The molecular formula is C19H21N3O5. The zero-order valence-corrected chi connectivity index (χ0v) is 15.4. The standard InChI is InChI=1S/C19H21N3O5/c1-25-9-8-22-16-6-4-12(10-14(16)21-19(22)24)18(23)20-15-11-13(26-2)5-7-17(15)27-3/h4-7,10-11H,8-9H2,1-3H3,(H,20,23)(H,21,24). The van der Waals surface area contributed by atoms with Gasteiger partial charge in [-0.15, -0.1) is 0 Å². The van der Waals surface area contributed by atoms with Crippen LogP contribution in [0, 0.1) is 0 Å². The van der Waals surface area contributed by atoms with Gasteiger partial charge in [0.1, 0.15) is 11.5 Å². The van der Waals surface area contributed by atoms with E-state index in [0.717, 1.165) is 0 Å². The number of imidazole rings is 1. The number of amides is 1. The summed E-state index contributed by atoms with van der Waals surface area (Å²) in [6, 6.07) is 10.2. The van der Waals surface area contributed by atoms with E-state index in [9.17, 15) is 9.59 Å². The lowest BCUT2D eigenvalue weighted by Crippen LogP contribution is -2.19. The highest BCUT2D eigenvalue weighted by Crippen LogP contribution is 2.29. The van der Waals surface area contributed by atoms with Gasteiger partial charge in [-0.2, -0.15) is 0 Å². The minimum Gasteiger partial charge on any atom is -0.497 e. The molecule has 0 saturated heterocycles. The molecule has 3 rings (SSSR count). The lowest BCUT2D eigenvalue weighted by molar-refractivity contribution is 0.102. The van der Waals surface area contributed by atoms with E-state index in [1.165, 1.54) is 7.11 Å². The van der Waals surface area contributed by atoms with E-state index in [-0.39, 0.29) is 11.6 Å². The molecule has 2 N–H and O–H groups in total. The molecule has 0 unspecified atom stereocenters. The van der Waals surface area contributed by atoms with Crippen LogP contribution in [0.1, 0.15) is 10.4 Å². The number of carbonyl (C=O) groups is 1. The lowest BCUT2D eigenvalue weighted by Gasteiger charge is -2.12. The van der Waals surface area contributed by atoms with E-state index in [4.69, 9.17) is 14.2 Å². The highest BCUT2D eigenvalue weighted by molar-refractivity contribution is 6.06. The molecule has 3 aromatic rings. The third kappa shape index (κ3) is 3.80. The summed E-state index contributed by atoms with van der Waals surface area (Å²) in [6.07, 6.45) is 0. The molecule has 0 fully saturated rings. The smallest absolute Gasteiger partial charge is 0.326 e. The van der Waals surface area contributed by atoms with Gasteiger partial charge in [0.2, 0.25) is 0 Å². The highest BCUT2D eigenvalue weighted by Gasteiger charge is 2.14. The third-order valence-corrected chi connectivity index (χ3v) is 4.21. The fourth-order valence-electron chi connectivity index (χ4n) is 2.82. The van der Waals surface area contributed by atoms with Crippen LogP contribution in [-0.4, -0.2) is 43.4 Å². The van der Waals surface area contributed by atoms with Crippen LogP contribution in [0.4, 0.5) is 5.69 Å². The quantitative estimate of drug-likeness (QED) is 0.664. The van der Waals surface area contributed by atoms with Crippen molar-refractivity contribution in [3.8, 4) is 11.5 Å². The number of benzene rings is 2. The Bertz CT molecular complexity index is 1020. The Morgan fingerprint density at radius 3 is 2.63 bits per heavy atom. The number of nitrogens with zero attached hydrogens (tertiary/aromatic N) is 1. The average molecular weight is 371 g/mol. The summed E-state index contributed by atoms with van der Waals surface area (Å²) < 4.78 is 17.1. The number of aromatic nitrogens is 2. The third-order valence-electron chi connectivity index (χ3n) is 4.21. The Morgan fingerprint density at radius 1 is 1.11 bits per heavy atom. The minimum absolute atomic E-state index is 0.242. The number of nitrogens with one attached hydrogen (secondary N) is 2. The van der Waals surface area contributed by atoms with Crippen LogP contribution in [-0.2, 0) is 11.3 Å². The van der Waals surface area contributed by atoms with Crippen molar-refractivity contribution in [1.82, 2.24) is 9.55 Å². The maximum Gasteiger partial charge on any atom is 0.326 e. The van der Waals surface area contributed by atoms with E-state index in [1.807, 2.05) is 0 Å². The maximum atomic E-state index is 12.7. The van der Waals surface area contributed by atoms with Crippen molar-refractivity contribution in [2.24, 2.45) is 0 Å². The van der Waals surface area contributed by atoms with E-state index in [0.29, 0.717) is 46.9 Å². The van der Waals surface area contributed by atoms with Crippen molar-refractivity contribution in [1.29, 1.82) is 0 Å². The van der Waals surface area contributed by atoms with E-state index >= 15 is 0 Å². The van der Waals surface area contributed by atoms with Gasteiger partial charge in [-0.25, -0.2) is 4.79 Å². The molecule has 0 saturated carbocycles. The number of rotatable bonds is 7. The first-order valence-corrected chi connectivity index (χ1v) is 8.32. The van der Waals surface area contributed by atoms with Gasteiger partial charge in [-0.3, -0.25) is 9.36 Å². The van der Waals surface area contributed by atoms with Gasteiger partial charge in [0, 0.05) is 18.7 Å². The fraction of sp³-hybridized carbons (Fsp3) is 0.263. The summed E-state index contributed by atoms with van der Waals surface area (Å²) in [6.45, 7) is 0.854. The van der Waals surface area contributed by atoms with Crippen LogP contribution in [0.5, 0.6) is 11.5 Å². The van der Waals surface area contributed by atoms with Crippen LogP contribution in [0.25, 0.3) is 11.0 Å². The monoisotopic (exact) mass is 371 g/mol. The van der Waals surface area contributed by atoms with Gasteiger partial charge < -0.3 is 24.5 Å². The van der Waals surface area contributed by atoms with E-state index in [2.05, 4.69) is 10.3 Å². The first-order valence-electron chi connectivity index (χ1n) is 8.32. The largest absolute Gasteiger partial charge is 0.497 e. The van der Waals surface area contributed by atoms with Crippen LogP contribution in [0.3, 0.4) is 0 Å². The summed E-state index contributed by atoms with van der Waals surface area (Å²) in [5, 5.41) is 2.81. The first kappa shape index (κ1) is 18.5. The molecule has 0 spiro atoms. The lowest BCUT2D eigenvalue weighted by atomic mass is 10.1. The van der Waals surface area contributed by atoms with Crippen molar-refractivity contribution < 1.29 is 19.0 Å². The first-order chi connectivity index (χ1) is 13.1. The highest BCUT2D eigenvalue weighted by atomic mass is 16.5. The second kappa shape index (κ2) is 7.96. The number of anilines is 1. The number of ether oxygens (including phenoxy) is 3. The van der Waals surface area contributed by atoms with Crippen LogP contribution in [0.15, 0.2) is 41.2 Å². The molecule has 0 atom stereocenters. The second-order valence-corrected chi connectivity index (χ2v) is 5.83. The topological polar surface area (TPSA) is 94.6 Å². The van der Waals surface area contributed by atoms with Crippen molar-refractivity contribution in [2.45, 2.75) is 6.54 Å². The Hall–Kier alpha value is -3.26. The number of fused-ring (bicyclic) bond motifs is 1. The zero-order valence-electron chi connectivity index (χ0n) is 15.4. The van der Waals surface area contributed by atoms with Crippen molar-refractivity contribution in [3.63, 3.8) is 0 Å². The predicted octanol–water partition coefficient (Wildman–Crippen LogP) is 2.25.